The van der Waals surface area contributed by atoms with E-state index in [0.717, 1.165) is 4.68 Å². The highest BCUT2D eigenvalue weighted by Gasteiger charge is 2.15. The van der Waals surface area contributed by atoms with Gasteiger partial charge >= 0.3 is 0 Å². The molecule has 0 saturated heterocycles. The number of nitrogens with one attached hydrogen (secondary N) is 2. The second-order valence-electron chi connectivity index (χ2n) is 4.25. The number of aryl methyl sites for hydroxylation is 1. The highest BCUT2D eigenvalue weighted by atomic mass is 16.2. The molecule has 7 nitrogen and oxygen atoms in total. The van der Waals surface area contributed by atoms with Crippen LogP contribution in [0.3, 0.4) is 0 Å². The molecule has 2 aromatic heterocycles. The van der Waals surface area contributed by atoms with Gasteiger partial charge in [0.15, 0.2) is 5.69 Å². The molecule has 0 bridgehead atoms. The molecule has 2 N–H and O–H groups in total. The van der Waals surface area contributed by atoms with E-state index in [9.17, 15) is 9.59 Å². The minimum atomic E-state index is -0.402. The molecule has 100 valence electrons. The second kappa shape index (κ2) is 4.61. The zero-order valence-corrected chi connectivity index (χ0v) is 10.6. The number of benzene rings is 1. The van der Waals surface area contributed by atoms with E-state index < -0.39 is 5.91 Å². The van der Waals surface area contributed by atoms with Gasteiger partial charge in [0.25, 0.3) is 11.5 Å². The quantitative estimate of drug-likeness (QED) is 0.723. The van der Waals surface area contributed by atoms with Crippen molar-refractivity contribution in [1.82, 2.24) is 20.0 Å². The first-order valence-electron chi connectivity index (χ1n) is 5.93. The maximum absolute atomic E-state index is 12.3. The summed E-state index contributed by atoms with van der Waals surface area (Å²) < 4.78 is 1.16. The van der Waals surface area contributed by atoms with Crippen LogP contribution in [0.2, 0.25) is 0 Å². The Morgan fingerprint density at radius 1 is 1.25 bits per heavy atom. The Kier molecular flexibility index (Phi) is 2.79. The molecule has 0 unspecified atom stereocenters. The van der Waals surface area contributed by atoms with Gasteiger partial charge in [-0.15, -0.1) is 0 Å². The number of rotatable bonds is 2. The number of hydrogen-bond acceptors (Lipinski definition) is 4. The summed E-state index contributed by atoms with van der Waals surface area (Å²) in [6, 6.07) is 8.51. The van der Waals surface area contributed by atoms with E-state index in [2.05, 4.69) is 20.6 Å². The second-order valence-corrected chi connectivity index (χ2v) is 4.25. The average molecular weight is 269 g/mol. The molecular formula is C13H11N5O2. The van der Waals surface area contributed by atoms with Gasteiger partial charge in [-0.25, -0.2) is 4.68 Å². The Balaban J connectivity index is 2.14. The Labute approximate surface area is 113 Å². The van der Waals surface area contributed by atoms with Gasteiger partial charge in [0.2, 0.25) is 0 Å². The van der Waals surface area contributed by atoms with Crippen molar-refractivity contribution in [3.8, 4) is 0 Å². The van der Waals surface area contributed by atoms with Gasteiger partial charge in [-0.3, -0.25) is 14.7 Å². The van der Waals surface area contributed by atoms with Gasteiger partial charge < -0.3 is 5.32 Å². The molecule has 0 spiro atoms. The van der Waals surface area contributed by atoms with Crippen LogP contribution in [0.25, 0.3) is 10.8 Å². The maximum atomic E-state index is 12.3. The Hall–Kier alpha value is -2.96. The molecule has 2 heterocycles. The highest BCUT2D eigenvalue weighted by molar-refractivity contribution is 6.10. The number of anilines is 1. The van der Waals surface area contributed by atoms with Gasteiger partial charge in [-0.1, -0.05) is 18.2 Å². The van der Waals surface area contributed by atoms with Crippen molar-refractivity contribution in [2.75, 3.05) is 5.32 Å². The summed E-state index contributed by atoms with van der Waals surface area (Å²) >= 11 is 0. The molecule has 0 fully saturated rings. The molecule has 0 radical (unpaired) electrons. The lowest BCUT2D eigenvalue weighted by molar-refractivity contribution is 0.102. The average Bonchev–Trinajstić information content (AvgIpc) is 2.95. The predicted molar refractivity (Wildman–Crippen MR) is 73.5 cm³/mol. The summed E-state index contributed by atoms with van der Waals surface area (Å²) in [7, 11) is 1.52. The minimum absolute atomic E-state index is 0.192. The molecule has 0 atom stereocenters. The number of nitrogens with zero attached hydrogens (tertiary/aromatic N) is 3. The van der Waals surface area contributed by atoms with Gasteiger partial charge in [0.05, 0.1) is 11.6 Å². The van der Waals surface area contributed by atoms with Crippen LogP contribution in [0.1, 0.15) is 10.5 Å². The number of carbonyl (C=O) groups is 1. The van der Waals surface area contributed by atoms with E-state index in [1.165, 1.54) is 13.2 Å². The van der Waals surface area contributed by atoms with Gasteiger partial charge in [0.1, 0.15) is 5.82 Å². The SMILES string of the molecule is Cn1nc(C(=O)Nc2ccn[nH]2)c2ccccc2c1=O. The number of aromatic nitrogens is 4. The first kappa shape index (κ1) is 12.1. The Bertz CT molecular complexity index is 836. The van der Waals surface area contributed by atoms with Crippen molar-refractivity contribution < 1.29 is 4.79 Å². The lowest BCUT2D eigenvalue weighted by atomic mass is 10.1. The van der Waals surface area contributed by atoms with Gasteiger partial charge in [-0.2, -0.15) is 10.2 Å². The number of carbonyl (C=O) groups excluding carboxylic acids is 1. The fourth-order valence-electron chi connectivity index (χ4n) is 1.97. The monoisotopic (exact) mass is 269 g/mol. The number of H-pyrrole nitrogens is 1. The molecular weight excluding hydrogens is 258 g/mol. The molecule has 0 saturated carbocycles. The first-order valence-corrected chi connectivity index (χ1v) is 5.93. The van der Waals surface area contributed by atoms with Crippen LogP contribution in [0.15, 0.2) is 41.3 Å². The van der Waals surface area contributed by atoms with E-state index in [4.69, 9.17) is 0 Å². The van der Waals surface area contributed by atoms with E-state index in [1.807, 2.05) is 0 Å². The van der Waals surface area contributed by atoms with E-state index in [1.54, 1.807) is 30.3 Å². The van der Waals surface area contributed by atoms with Crippen molar-refractivity contribution in [3.63, 3.8) is 0 Å². The third-order valence-electron chi connectivity index (χ3n) is 2.92. The summed E-state index contributed by atoms with van der Waals surface area (Å²) in [5.74, 6) is 0.0655. The van der Waals surface area contributed by atoms with E-state index in [0.29, 0.717) is 16.6 Å². The van der Waals surface area contributed by atoms with Crippen LogP contribution in [0.5, 0.6) is 0 Å². The van der Waals surface area contributed by atoms with Crippen LogP contribution in [-0.2, 0) is 7.05 Å². The van der Waals surface area contributed by atoms with Crippen molar-refractivity contribution in [2.24, 2.45) is 7.05 Å². The fraction of sp³-hybridized carbons (Fsp3) is 0.0769. The standard InChI is InChI=1S/C13H11N5O2/c1-18-13(20)9-5-3-2-4-8(9)11(17-18)12(19)15-10-6-7-14-16-10/h2-7H,1H3,(H2,14,15,16,19). The summed E-state index contributed by atoms with van der Waals surface area (Å²) in [5.41, 5.74) is -0.0454. The van der Waals surface area contributed by atoms with Crippen LogP contribution < -0.4 is 10.9 Å². The molecule has 0 aliphatic rings. The Morgan fingerprint density at radius 2 is 2.00 bits per heavy atom. The summed E-state index contributed by atoms with van der Waals surface area (Å²) in [5, 5.41) is 14.0. The van der Waals surface area contributed by atoms with Gasteiger partial charge in [-0.05, 0) is 6.07 Å². The maximum Gasteiger partial charge on any atom is 0.277 e. The number of aromatic amines is 1. The van der Waals surface area contributed by atoms with Crippen molar-refractivity contribution in [3.05, 3.63) is 52.6 Å². The molecule has 0 aliphatic heterocycles. The lowest BCUT2D eigenvalue weighted by Gasteiger charge is -2.07. The predicted octanol–water partition coefficient (Wildman–Crippen LogP) is 0.909. The third-order valence-corrected chi connectivity index (χ3v) is 2.92. The summed E-state index contributed by atoms with van der Waals surface area (Å²) in [4.78, 5) is 24.2. The van der Waals surface area contributed by atoms with Crippen LogP contribution in [0, 0.1) is 0 Å². The van der Waals surface area contributed by atoms with Crippen molar-refractivity contribution in [1.29, 1.82) is 0 Å². The number of fused-ring (bicyclic) bond motifs is 1. The smallest absolute Gasteiger partial charge is 0.277 e. The Morgan fingerprint density at radius 3 is 2.70 bits per heavy atom. The molecule has 7 heteroatoms. The van der Waals surface area contributed by atoms with Crippen LogP contribution >= 0.6 is 0 Å². The topological polar surface area (TPSA) is 92.7 Å². The van der Waals surface area contributed by atoms with Crippen LogP contribution in [-0.4, -0.2) is 25.9 Å². The molecule has 3 aromatic rings. The number of amides is 1. The normalized spacial score (nSPS) is 10.7. The fourth-order valence-corrected chi connectivity index (χ4v) is 1.97. The first-order chi connectivity index (χ1) is 9.66. The zero-order valence-electron chi connectivity index (χ0n) is 10.6. The molecule has 1 amide bonds. The van der Waals surface area contributed by atoms with Crippen LogP contribution in [0.4, 0.5) is 5.82 Å². The molecule has 0 aliphatic carbocycles. The number of hydrogen-bond donors (Lipinski definition) is 2. The summed E-state index contributed by atoms with van der Waals surface area (Å²) in [6.45, 7) is 0. The van der Waals surface area contributed by atoms with Crippen molar-refractivity contribution in [2.45, 2.75) is 0 Å². The minimum Gasteiger partial charge on any atom is -0.306 e. The summed E-state index contributed by atoms with van der Waals surface area (Å²) in [6.07, 6.45) is 1.53. The highest BCUT2D eigenvalue weighted by Crippen LogP contribution is 2.14. The zero-order chi connectivity index (χ0) is 14.1. The molecule has 20 heavy (non-hydrogen) atoms. The largest absolute Gasteiger partial charge is 0.306 e. The van der Waals surface area contributed by atoms with E-state index in [-0.39, 0.29) is 11.3 Å². The van der Waals surface area contributed by atoms with Gasteiger partial charge in [0, 0.05) is 18.5 Å². The van der Waals surface area contributed by atoms with Crippen molar-refractivity contribution >= 4 is 22.5 Å². The molecule has 1 aromatic carbocycles. The molecule has 3 rings (SSSR count). The van der Waals surface area contributed by atoms with E-state index >= 15 is 0 Å². The lowest BCUT2D eigenvalue weighted by Crippen LogP contribution is -2.25. The third kappa shape index (κ3) is 1.95.